The van der Waals surface area contributed by atoms with Gasteiger partial charge in [-0.05, 0) is 96.1 Å². The largest absolute Gasteiger partial charge is 0.303 e. The fourth-order valence-electron chi connectivity index (χ4n) is 5.60. The van der Waals surface area contributed by atoms with Gasteiger partial charge in [-0.15, -0.1) is 0 Å². The average Bonchev–Trinajstić information content (AvgIpc) is 2.78. The second-order valence-corrected chi connectivity index (χ2v) is 12.6. The predicted molar refractivity (Wildman–Crippen MR) is 153 cm³/mol. The molecule has 2 aliphatic rings. The molecule has 1 atom stereocenters. The molecule has 1 saturated heterocycles. The van der Waals surface area contributed by atoms with Gasteiger partial charge in [-0.25, -0.2) is 4.45 Å². The number of aldehydes is 1. The van der Waals surface area contributed by atoms with E-state index in [0.29, 0.717) is 28.3 Å². The highest BCUT2D eigenvalue weighted by Gasteiger charge is 2.51. The van der Waals surface area contributed by atoms with Crippen LogP contribution in [0.25, 0.3) is 0 Å². The van der Waals surface area contributed by atoms with Gasteiger partial charge < -0.3 is 9.91 Å². The van der Waals surface area contributed by atoms with Crippen LogP contribution < -0.4 is 5.56 Å². The van der Waals surface area contributed by atoms with Crippen LogP contribution >= 0.6 is 40.0 Å². The molecular formula is C25H32ClIN5O2P. The summed E-state index contributed by atoms with van der Waals surface area (Å²) in [6, 6.07) is 3.87. The Bertz CT molecular complexity index is 1170. The van der Waals surface area contributed by atoms with Gasteiger partial charge in [0.25, 0.3) is 5.56 Å². The van der Waals surface area contributed by atoms with E-state index in [1.54, 1.807) is 11.2 Å². The van der Waals surface area contributed by atoms with E-state index in [-0.39, 0.29) is 5.56 Å². The van der Waals surface area contributed by atoms with Crippen molar-refractivity contribution in [3.8, 4) is 0 Å². The minimum Gasteiger partial charge on any atom is -0.303 e. The highest BCUT2D eigenvalue weighted by atomic mass is 127. The second kappa shape index (κ2) is 11.4. The molecule has 1 spiro atoms. The third kappa shape index (κ3) is 5.97. The van der Waals surface area contributed by atoms with Crippen molar-refractivity contribution in [3.63, 3.8) is 0 Å². The van der Waals surface area contributed by atoms with Crippen LogP contribution in [0.5, 0.6) is 0 Å². The Morgan fingerprint density at radius 3 is 2.69 bits per heavy atom. The molecular weight excluding hydrogens is 596 g/mol. The lowest BCUT2D eigenvalue weighted by Gasteiger charge is -2.59. The number of hydrogen-bond acceptors (Lipinski definition) is 6. The number of aromatic nitrogens is 2. The maximum atomic E-state index is 12.3. The van der Waals surface area contributed by atoms with Gasteiger partial charge in [0.1, 0.15) is 0 Å². The highest BCUT2D eigenvalue weighted by molar-refractivity contribution is 14.2. The number of hydrazone groups is 1. The summed E-state index contributed by atoms with van der Waals surface area (Å²) in [5.41, 5.74) is 4.92. The molecule has 0 bridgehead atoms. The van der Waals surface area contributed by atoms with E-state index in [1.807, 2.05) is 39.3 Å². The predicted octanol–water partition coefficient (Wildman–Crippen LogP) is 4.59. The summed E-state index contributed by atoms with van der Waals surface area (Å²) in [6.07, 6.45) is 10.1. The van der Waals surface area contributed by atoms with E-state index in [0.717, 1.165) is 67.4 Å². The molecule has 1 aromatic carbocycles. The smallest absolute Gasteiger partial charge is 0.273 e. The Labute approximate surface area is 226 Å². The normalized spacial score (nSPS) is 17.9. The van der Waals surface area contributed by atoms with Crippen molar-refractivity contribution in [1.82, 2.24) is 19.5 Å². The van der Waals surface area contributed by atoms with Crippen molar-refractivity contribution in [1.29, 1.82) is 0 Å². The first-order chi connectivity index (χ1) is 16.7. The molecule has 7 nitrogen and oxygen atoms in total. The van der Waals surface area contributed by atoms with Gasteiger partial charge in [0.15, 0.2) is 6.29 Å². The van der Waals surface area contributed by atoms with Crippen molar-refractivity contribution < 1.29 is 4.79 Å². The van der Waals surface area contributed by atoms with E-state index in [4.69, 9.17) is 11.6 Å². The fourth-order valence-corrected chi connectivity index (χ4v) is 7.18. The molecule has 2 heterocycles. The summed E-state index contributed by atoms with van der Waals surface area (Å²) in [6.45, 7) is 5.30. The van der Waals surface area contributed by atoms with Crippen LogP contribution in [0, 0.1) is 18.3 Å². The van der Waals surface area contributed by atoms with Crippen LogP contribution in [0.2, 0.25) is 5.02 Å². The summed E-state index contributed by atoms with van der Waals surface area (Å²) in [5, 5.41) is 10.8. The molecule has 1 aromatic heterocycles. The molecule has 10 heteroatoms. The lowest BCUT2D eigenvalue weighted by Crippen LogP contribution is -2.62. The molecule has 2 fully saturated rings. The molecule has 35 heavy (non-hydrogen) atoms. The molecule has 1 aliphatic heterocycles. The number of hydrogen-bond donors (Lipinski definition) is 0. The van der Waals surface area contributed by atoms with Crippen LogP contribution in [0.4, 0.5) is 0 Å². The minimum absolute atomic E-state index is 0.0377. The van der Waals surface area contributed by atoms with Crippen molar-refractivity contribution in [3.05, 3.63) is 61.5 Å². The Morgan fingerprint density at radius 1 is 1.29 bits per heavy atom. The van der Waals surface area contributed by atoms with E-state index in [1.165, 1.54) is 17.3 Å². The molecule has 1 saturated carbocycles. The van der Waals surface area contributed by atoms with E-state index >= 15 is 0 Å². The number of likely N-dealkylation sites (tertiary alicyclic amines) is 1. The molecule has 188 valence electrons. The first-order valence-corrected chi connectivity index (χ1v) is 16.3. The second-order valence-electron chi connectivity index (χ2n) is 10.1. The van der Waals surface area contributed by atoms with E-state index in [2.05, 4.69) is 37.1 Å². The molecule has 0 radical (unpaired) electrons. The molecule has 0 N–H and O–H groups in total. The lowest BCUT2D eigenvalue weighted by molar-refractivity contribution is -0.0937. The van der Waals surface area contributed by atoms with Gasteiger partial charge in [-0.1, -0.05) is 17.7 Å². The Hall–Kier alpha value is -1.35. The van der Waals surface area contributed by atoms with Crippen LogP contribution in [0.1, 0.15) is 51.9 Å². The van der Waals surface area contributed by atoms with Crippen molar-refractivity contribution in [2.75, 3.05) is 33.7 Å². The monoisotopic (exact) mass is 627 g/mol. The van der Waals surface area contributed by atoms with Crippen LogP contribution in [0.3, 0.4) is 0 Å². The van der Waals surface area contributed by atoms with Gasteiger partial charge in [0.05, 0.1) is 23.8 Å². The van der Waals surface area contributed by atoms with Gasteiger partial charge >= 0.3 is 0 Å². The Balaban J connectivity index is 1.26. The van der Waals surface area contributed by atoms with Crippen molar-refractivity contribution >= 4 is 52.5 Å². The standard InChI is InChI=1S/C25H32ClIN5O2P/c1-17-20(12-29-32(35-27)24(17)34)5-4-8-31-15-25(16-31)10-18(11-25)9-19-6-7-23(26)22(14-33)21(19)13-28-30(2)3/h6-7,12-14,18,35H,4-5,8-11,15-16H2,1-3H3/b28-13-. The lowest BCUT2D eigenvalue weighted by atomic mass is 9.56. The first kappa shape index (κ1) is 26.7. The third-order valence-electron chi connectivity index (χ3n) is 7.25. The van der Waals surface area contributed by atoms with Crippen LogP contribution in [0.15, 0.2) is 28.2 Å². The Kier molecular flexibility index (Phi) is 8.67. The number of rotatable bonds is 10. The quantitative estimate of drug-likeness (QED) is 0.127. The SMILES string of the molecule is Cc1c(CCCN2CC3(CC(Cc4ccc(Cl)c(C=O)c4/C=N\N(C)C)C3)C2)cnn(PI)c1=O. The number of carbonyl (C=O) groups is 1. The molecule has 1 aliphatic carbocycles. The van der Waals surface area contributed by atoms with Gasteiger partial charge in [-0.3, -0.25) is 9.59 Å². The number of carbonyl (C=O) groups excluding carboxylic acids is 1. The zero-order valence-corrected chi connectivity index (χ0v) is 24.3. The molecule has 4 rings (SSSR count). The van der Waals surface area contributed by atoms with Crippen LogP contribution in [-0.4, -0.2) is 65.7 Å². The number of aryl methyl sites for hydroxylation is 1. The summed E-state index contributed by atoms with van der Waals surface area (Å²) in [5.74, 6) is 0.628. The number of halogens is 2. The van der Waals surface area contributed by atoms with Gasteiger partial charge in [0, 0.05) is 43.9 Å². The van der Waals surface area contributed by atoms with Crippen molar-refractivity contribution in [2.24, 2.45) is 16.4 Å². The van der Waals surface area contributed by atoms with Gasteiger partial charge in [-0.2, -0.15) is 10.2 Å². The highest BCUT2D eigenvalue weighted by Crippen LogP contribution is 2.53. The average molecular weight is 628 g/mol. The summed E-state index contributed by atoms with van der Waals surface area (Å²) >= 11 is 8.46. The number of benzene rings is 1. The zero-order valence-electron chi connectivity index (χ0n) is 20.4. The maximum absolute atomic E-state index is 12.3. The van der Waals surface area contributed by atoms with Crippen LogP contribution in [-0.2, 0) is 12.8 Å². The molecule has 0 amide bonds. The first-order valence-electron chi connectivity index (χ1n) is 11.9. The zero-order chi connectivity index (χ0) is 25.2. The summed E-state index contributed by atoms with van der Waals surface area (Å²) in [7, 11) is 3.72. The van der Waals surface area contributed by atoms with Gasteiger partial charge in [0.2, 0.25) is 0 Å². The minimum atomic E-state index is 0.0377. The molecule has 1 unspecified atom stereocenters. The number of nitrogens with zero attached hydrogens (tertiary/aromatic N) is 5. The van der Waals surface area contributed by atoms with E-state index in [9.17, 15) is 9.59 Å². The summed E-state index contributed by atoms with van der Waals surface area (Å²) in [4.78, 5) is 26.5. The van der Waals surface area contributed by atoms with E-state index < -0.39 is 0 Å². The maximum Gasteiger partial charge on any atom is 0.273 e. The molecule has 2 aromatic rings. The fraction of sp³-hybridized carbons (Fsp3) is 0.520. The topological polar surface area (TPSA) is 70.8 Å². The van der Waals surface area contributed by atoms with Crippen molar-refractivity contribution in [2.45, 2.75) is 39.0 Å². The third-order valence-corrected chi connectivity index (χ3v) is 9.43. The Morgan fingerprint density at radius 2 is 2.03 bits per heavy atom. The summed E-state index contributed by atoms with van der Waals surface area (Å²) < 4.78 is 1.54.